The van der Waals surface area contributed by atoms with E-state index in [1.54, 1.807) is 12.1 Å². The standard InChI is InChI=1S/C13H14FN3O2S/c1-16-20(18,19)11-5-6-12(15)13(8-11)17-10-4-2-3-9(14)7-10/h2-8,16-17H,15H2,1H3. The zero-order valence-electron chi connectivity index (χ0n) is 10.7. The Bertz CT molecular complexity index is 732. The molecular weight excluding hydrogens is 281 g/mol. The number of nitrogens with one attached hydrogen (secondary N) is 2. The van der Waals surface area contributed by atoms with Gasteiger partial charge in [0, 0.05) is 5.69 Å². The van der Waals surface area contributed by atoms with Gasteiger partial charge in [-0.2, -0.15) is 0 Å². The molecule has 0 saturated heterocycles. The van der Waals surface area contributed by atoms with Gasteiger partial charge in [0.25, 0.3) is 0 Å². The number of hydrogen-bond acceptors (Lipinski definition) is 4. The third-order valence-electron chi connectivity index (χ3n) is 2.71. The fraction of sp³-hybridized carbons (Fsp3) is 0.0769. The van der Waals surface area contributed by atoms with E-state index in [4.69, 9.17) is 5.73 Å². The predicted molar refractivity (Wildman–Crippen MR) is 76.8 cm³/mol. The molecule has 0 bridgehead atoms. The first-order valence-corrected chi connectivity index (χ1v) is 7.26. The summed E-state index contributed by atoms with van der Waals surface area (Å²) < 4.78 is 38.8. The minimum absolute atomic E-state index is 0.0769. The van der Waals surface area contributed by atoms with Crippen molar-refractivity contribution in [2.45, 2.75) is 4.90 Å². The molecule has 0 aliphatic carbocycles. The van der Waals surface area contributed by atoms with E-state index < -0.39 is 15.8 Å². The number of rotatable bonds is 4. The highest BCUT2D eigenvalue weighted by Crippen LogP contribution is 2.26. The largest absolute Gasteiger partial charge is 0.397 e. The van der Waals surface area contributed by atoms with Crippen LogP contribution in [0.4, 0.5) is 21.5 Å². The zero-order valence-corrected chi connectivity index (χ0v) is 11.5. The van der Waals surface area contributed by atoms with Gasteiger partial charge in [0.2, 0.25) is 10.0 Å². The molecule has 0 amide bonds. The molecule has 7 heteroatoms. The molecule has 106 valence electrons. The second kappa shape index (κ2) is 5.48. The van der Waals surface area contributed by atoms with E-state index >= 15 is 0 Å². The minimum atomic E-state index is -3.56. The Labute approximate surface area is 116 Å². The minimum Gasteiger partial charge on any atom is -0.397 e. The fourth-order valence-electron chi connectivity index (χ4n) is 1.65. The summed E-state index contributed by atoms with van der Waals surface area (Å²) in [6, 6.07) is 10.1. The molecule has 2 rings (SSSR count). The first kappa shape index (κ1) is 14.3. The van der Waals surface area contributed by atoms with Crippen LogP contribution in [-0.2, 0) is 10.0 Å². The lowest BCUT2D eigenvalue weighted by Crippen LogP contribution is -2.18. The molecule has 20 heavy (non-hydrogen) atoms. The van der Waals surface area contributed by atoms with E-state index in [2.05, 4.69) is 10.0 Å². The number of halogens is 1. The van der Waals surface area contributed by atoms with Gasteiger partial charge in [-0.25, -0.2) is 17.5 Å². The van der Waals surface area contributed by atoms with E-state index in [0.717, 1.165) is 0 Å². The van der Waals surface area contributed by atoms with E-state index in [1.165, 1.54) is 37.4 Å². The monoisotopic (exact) mass is 295 g/mol. The summed E-state index contributed by atoms with van der Waals surface area (Å²) in [6.07, 6.45) is 0. The van der Waals surface area contributed by atoms with Crippen molar-refractivity contribution < 1.29 is 12.8 Å². The van der Waals surface area contributed by atoms with Crippen molar-refractivity contribution in [3.05, 3.63) is 48.3 Å². The summed E-state index contributed by atoms with van der Waals surface area (Å²) in [5.41, 5.74) is 7.03. The van der Waals surface area contributed by atoms with Gasteiger partial charge in [-0.15, -0.1) is 0 Å². The molecule has 0 atom stereocenters. The highest BCUT2D eigenvalue weighted by Gasteiger charge is 2.13. The summed E-state index contributed by atoms with van der Waals surface area (Å²) in [7, 11) is -2.23. The van der Waals surface area contributed by atoms with E-state index in [9.17, 15) is 12.8 Å². The molecule has 2 aromatic carbocycles. The highest BCUT2D eigenvalue weighted by atomic mass is 32.2. The lowest BCUT2D eigenvalue weighted by atomic mass is 10.2. The summed E-state index contributed by atoms with van der Waals surface area (Å²) >= 11 is 0. The predicted octanol–water partition coefficient (Wildman–Crippen LogP) is 2.06. The third-order valence-corrected chi connectivity index (χ3v) is 4.12. The van der Waals surface area contributed by atoms with Gasteiger partial charge in [-0.05, 0) is 43.4 Å². The van der Waals surface area contributed by atoms with Crippen LogP contribution in [0, 0.1) is 5.82 Å². The van der Waals surface area contributed by atoms with Gasteiger partial charge in [0.15, 0.2) is 0 Å². The first-order valence-electron chi connectivity index (χ1n) is 5.78. The van der Waals surface area contributed by atoms with E-state index in [-0.39, 0.29) is 4.90 Å². The second-order valence-electron chi connectivity index (χ2n) is 4.09. The Balaban J connectivity index is 2.39. The Hall–Kier alpha value is -2.12. The maximum atomic E-state index is 13.1. The maximum Gasteiger partial charge on any atom is 0.240 e. The molecule has 0 spiro atoms. The quantitative estimate of drug-likeness (QED) is 0.754. The van der Waals surface area contributed by atoms with Crippen molar-refractivity contribution in [3.8, 4) is 0 Å². The van der Waals surface area contributed by atoms with Gasteiger partial charge >= 0.3 is 0 Å². The van der Waals surface area contributed by atoms with Crippen molar-refractivity contribution >= 4 is 27.1 Å². The van der Waals surface area contributed by atoms with Crippen LogP contribution in [0.25, 0.3) is 0 Å². The summed E-state index contributed by atoms with van der Waals surface area (Å²) in [5.74, 6) is -0.396. The fourth-order valence-corrected chi connectivity index (χ4v) is 2.41. The molecular formula is C13H14FN3O2S. The van der Waals surface area contributed by atoms with Crippen LogP contribution in [0.3, 0.4) is 0 Å². The van der Waals surface area contributed by atoms with Crippen molar-refractivity contribution in [1.29, 1.82) is 0 Å². The highest BCUT2D eigenvalue weighted by molar-refractivity contribution is 7.89. The van der Waals surface area contributed by atoms with Gasteiger partial charge in [-0.1, -0.05) is 6.07 Å². The molecule has 0 aromatic heterocycles. The van der Waals surface area contributed by atoms with Crippen LogP contribution in [0.2, 0.25) is 0 Å². The molecule has 5 nitrogen and oxygen atoms in total. The van der Waals surface area contributed by atoms with Crippen LogP contribution in [-0.4, -0.2) is 15.5 Å². The number of sulfonamides is 1. The smallest absolute Gasteiger partial charge is 0.240 e. The maximum absolute atomic E-state index is 13.1. The topological polar surface area (TPSA) is 84.2 Å². The number of anilines is 3. The first-order chi connectivity index (χ1) is 9.42. The van der Waals surface area contributed by atoms with Crippen LogP contribution in [0.15, 0.2) is 47.4 Å². The number of benzene rings is 2. The Morgan fingerprint density at radius 2 is 1.90 bits per heavy atom. The average molecular weight is 295 g/mol. The van der Waals surface area contributed by atoms with E-state index in [1.807, 2.05) is 0 Å². The molecule has 0 saturated carbocycles. The molecule has 2 aromatic rings. The molecule has 0 unspecified atom stereocenters. The molecule has 0 aliphatic rings. The molecule has 4 N–H and O–H groups in total. The molecule has 0 aliphatic heterocycles. The van der Waals surface area contributed by atoms with E-state index in [0.29, 0.717) is 17.1 Å². The number of nitrogen functional groups attached to an aromatic ring is 1. The van der Waals surface area contributed by atoms with Crippen molar-refractivity contribution in [2.75, 3.05) is 18.1 Å². The van der Waals surface area contributed by atoms with Crippen molar-refractivity contribution in [2.24, 2.45) is 0 Å². The van der Waals surface area contributed by atoms with Crippen molar-refractivity contribution in [1.82, 2.24) is 4.72 Å². The van der Waals surface area contributed by atoms with Gasteiger partial charge in [0.05, 0.1) is 16.3 Å². The number of hydrogen-bond donors (Lipinski definition) is 3. The molecule has 0 heterocycles. The Kier molecular flexibility index (Phi) is 3.91. The van der Waals surface area contributed by atoms with Crippen LogP contribution in [0.1, 0.15) is 0 Å². The average Bonchev–Trinajstić information content (AvgIpc) is 2.41. The molecule has 0 fully saturated rings. The normalized spacial score (nSPS) is 11.3. The van der Waals surface area contributed by atoms with Crippen LogP contribution < -0.4 is 15.8 Å². The lowest BCUT2D eigenvalue weighted by Gasteiger charge is -2.11. The lowest BCUT2D eigenvalue weighted by molar-refractivity contribution is 0.588. The Morgan fingerprint density at radius 1 is 1.15 bits per heavy atom. The zero-order chi connectivity index (χ0) is 14.8. The summed E-state index contributed by atoms with van der Waals surface area (Å²) in [4.78, 5) is 0.0769. The Morgan fingerprint density at radius 3 is 2.55 bits per heavy atom. The van der Waals surface area contributed by atoms with Crippen LogP contribution in [0.5, 0.6) is 0 Å². The summed E-state index contributed by atoms with van der Waals surface area (Å²) in [6.45, 7) is 0. The van der Waals surface area contributed by atoms with Gasteiger partial charge in [0.1, 0.15) is 5.82 Å². The molecule has 0 radical (unpaired) electrons. The van der Waals surface area contributed by atoms with Crippen LogP contribution >= 0.6 is 0 Å². The second-order valence-corrected chi connectivity index (χ2v) is 5.98. The van der Waals surface area contributed by atoms with Gasteiger partial charge in [-0.3, -0.25) is 0 Å². The SMILES string of the molecule is CNS(=O)(=O)c1ccc(N)c(Nc2cccc(F)c2)c1. The number of nitrogens with two attached hydrogens (primary N) is 1. The third kappa shape index (κ3) is 3.06. The van der Waals surface area contributed by atoms with Gasteiger partial charge < -0.3 is 11.1 Å². The van der Waals surface area contributed by atoms with Crippen molar-refractivity contribution in [3.63, 3.8) is 0 Å². The summed E-state index contributed by atoms with van der Waals surface area (Å²) in [5, 5.41) is 2.89.